The number of amides is 1. The number of hydrogen-bond donors (Lipinski definition) is 1. The zero-order valence-corrected chi connectivity index (χ0v) is 11.6. The highest BCUT2D eigenvalue weighted by molar-refractivity contribution is 6.30. The fourth-order valence-corrected chi connectivity index (χ4v) is 2.70. The molecule has 2 aliphatic rings. The first kappa shape index (κ1) is 12.9. The van der Waals surface area contributed by atoms with E-state index in [1.807, 2.05) is 4.90 Å². The van der Waals surface area contributed by atoms with Gasteiger partial charge in [0.2, 0.25) is 0 Å². The van der Waals surface area contributed by atoms with Crippen LogP contribution in [-0.4, -0.2) is 41.0 Å². The Morgan fingerprint density at radius 2 is 2.26 bits per heavy atom. The van der Waals surface area contributed by atoms with Gasteiger partial charge in [0.05, 0.1) is 5.02 Å². The lowest BCUT2D eigenvalue weighted by molar-refractivity contribution is 0.0722. The van der Waals surface area contributed by atoms with Crippen molar-refractivity contribution in [2.45, 2.75) is 37.8 Å². The molecule has 0 aromatic carbocycles. The molecule has 4 nitrogen and oxygen atoms in total. The zero-order valence-electron chi connectivity index (χ0n) is 10.8. The summed E-state index contributed by atoms with van der Waals surface area (Å²) in [5.74, 6) is 0.0351. The summed E-state index contributed by atoms with van der Waals surface area (Å²) < 4.78 is 0. The van der Waals surface area contributed by atoms with Crippen LogP contribution in [0.2, 0.25) is 5.02 Å². The lowest BCUT2D eigenvalue weighted by Gasteiger charge is -2.25. The standard InChI is InChI=1S/C14H18ClN3O/c15-10-3-6-13(17-8-10)14(19)18(12-4-5-12)9-11-2-1-7-16-11/h3,6,8,11-12,16H,1-2,4-5,7,9H2/t11-/m0/s1. The predicted octanol–water partition coefficient (Wildman–Crippen LogP) is 2.09. The van der Waals surface area contributed by atoms with E-state index in [0.29, 0.717) is 22.8 Å². The molecule has 1 saturated carbocycles. The van der Waals surface area contributed by atoms with Crippen LogP contribution in [-0.2, 0) is 0 Å². The van der Waals surface area contributed by atoms with Gasteiger partial charge in [-0.25, -0.2) is 4.98 Å². The van der Waals surface area contributed by atoms with Crippen molar-refractivity contribution >= 4 is 17.5 Å². The fourth-order valence-electron chi connectivity index (χ4n) is 2.58. The SMILES string of the molecule is O=C(c1ccc(Cl)cn1)N(C[C@@H]1CCCN1)C1CC1. The van der Waals surface area contributed by atoms with E-state index in [4.69, 9.17) is 11.6 Å². The van der Waals surface area contributed by atoms with E-state index < -0.39 is 0 Å². The third kappa shape index (κ3) is 3.07. The molecule has 1 aliphatic heterocycles. The van der Waals surface area contributed by atoms with Gasteiger partial charge in [0.1, 0.15) is 5.69 Å². The lowest BCUT2D eigenvalue weighted by atomic mass is 10.2. The van der Waals surface area contributed by atoms with Crippen LogP contribution in [0.15, 0.2) is 18.3 Å². The van der Waals surface area contributed by atoms with E-state index in [2.05, 4.69) is 10.3 Å². The van der Waals surface area contributed by atoms with Gasteiger partial charge >= 0.3 is 0 Å². The van der Waals surface area contributed by atoms with Crippen molar-refractivity contribution in [2.75, 3.05) is 13.1 Å². The maximum Gasteiger partial charge on any atom is 0.272 e. The molecule has 0 spiro atoms. The number of nitrogens with one attached hydrogen (secondary N) is 1. The normalized spacial score (nSPS) is 22.5. The molecule has 0 unspecified atom stereocenters. The Balaban J connectivity index is 1.71. The van der Waals surface area contributed by atoms with Crippen LogP contribution in [0.5, 0.6) is 0 Å². The van der Waals surface area contributed by atoms with Crippen molar-refractivity contribution in [3.63, 3.8) is 0 Å². The highest BCUT2D eigenvalue weighted by Crippen LogP contribution is 2.29. The van der Waals surface area contributed by atoms with Gasteiger partial charge in [-0.3, -0.25) is 4.79 Å². The molecule has 2 heterocycles. The number of halogens is 1. The van der Waals surface area contributed by atoms with Crippen LogP contribution in [0, 0.1) is 0 Å². The summed E-state index contributed by atoms with van der Waals surface area (Å²) in [4.78, 5) is 18.6. The average molecular weight is 280 g/mol. The minimum absolute atomic E-state index is 0.0351. The number of nitrogens with zero attached hydrogens (tertiary/aromatic N) is 2. The number of aromatic nitrogens is 1. The minimum atomic E-state index is 0.0351. The first-order valence-corrected chi connectivity index (χ1v) is 7.28. The Morgan fingerprint density at radius 3 is 2.84 bits per heavy atom. The van der Waals surface area contributed by atoms with Crippen molar-refractivity contribution in [2.24, 2.45) is 0 Å². The van der Waals surface area contributed by atoms with Crippen LogP contribution >= 0.6 is 11.6 Å². The number of carbonyl (C=O) groups is 1. The molecule has 19 heavy (non-hydrogen) atoms. The zero-order chi connectivity index (χ0) is 13.2. The second kappa shape index (κ2) is 5.47. The molecule has 5 heteroatoms. The van der Waals surface area contributed by atoms with Crippen LogP contribution in [0.4, 0.5) is 0 Å². The van der Waals surface area contributed by atoms with E-state index in [0.717, 1.165) is 32.4 Å². The molecule has 1 atom stereocenters. The van der Waals surface area contributed by atoms with E-state index >= 15 is 0 Å². The molecule has 1 aromatic heterocycles. The van der Waals surface area contributed by atoms with Crippen LogP contribution in [0.1, 0.15) is 36.2 Å². The fraction of sp³-hybridized carbons (Fsp3) is 0.571. The Morgan fingerprint density at radius 1 is 1.42 bits per heavy atom. The number of rotatable bonds is 4. The van der Waals surface area contributed by atoms with E-state index in [1.165, 1.54) is 12.6 Å². The van der Waals surface area contributed by atoms with Gasteiger partial charge in [-0.1, -0.05) is 11.6 Å². The largest absolute Gasteiger partial charge is 0.333 e. The molecule has 1 aliphatic carbocycles. The van der Waals surface area contributed by atoms with Crippen molar-refractivity contribution < 1.29 is 4.79 Å². The Hall–Kier alpha value is -1.13. The van der Waals surface area contributed by atoms with Gasteiger partial charge < -0.3 is 10.2 Å². The minimum Gasteiger partial charge on any atom is -0.333 e. The lowest BCUT2D eigenvalue weighted by Crippen LogP contribution is -2.42. The third-order valence-corrected chi connectivity index (χ3v) is 4.00. The molecule has 102 valence electrons. The molecule has 3 rings (SSSR count). The summed E-state index contributed by atoms with van der Waals surface area (Å²) in [5, 5.41) is 4.01. The highest BCUT2D eigenvalue weighted by Gasteiger charge is 2.35. The Kier molecular flexibility index (Phi) is 3.71. The van der Waals surface area contributed by atoms with E-state index in [9.17, 15) is 4.79 Å². The molecule has 2 fully saturated rings. The summed E-state index contributed by atoms with van der Waals surface area (Å²) in [6, 6.07) is 4.28. The van der Waals surface area contributed by atoms with Crippen LogP contribution in [0.25, 0.3) is 0 Å². The van der Waals surface area contributed by atoms with Gasteiger partial charge in [-0.15, -0.1) is 0 Å². The van der Waals surface area contributed by atoms with Crippen molar-refractivity contribution in [3.05, 3.63) is 29.0 Å². The molecular weight excluding hydrogens is 262 g/mol. The summed E-state index contributed by atoms with van der Waals surface area (Å²) >= 11 is 5.81. The summed E-state index contributed by atoms with van der Waals surface area (Å²) in [5.41, 5.74) is 0.495. The van der Waals surface area contributed by atoms with Gasteiger partial charge in [0, 0.05) is 24.8 Å². The van der Waals surface area contributed by atoms with Crippen molar-refractivity contribution in [3.8, 4) is 0 Å². The summed E-state index contributed by atoms with van der Waals surface area (Å²) in [6.07, 6.45) is 6.13. The third-order valence-electron chi connectivity index (χ3n) is 3.77. The quantitative estimate of drug-likeness (QED) is 0.918. The Bertz CT molecular complexity index is 452. The molecule has 1 amide bonds. The monoisotopic (exact) mass is 279 g/mol. The molecule has 1 saturated heterocycles. The van der Waals surface area contributed by atoms with Gasteiger partial charge in [0.15, 0.2) is 0 Å². The van der Waals surface area contributed by atoms with Crippen molar-refractivity contribution in [1.82, 2.24) is 15.2 Å². The number of pyridine rings is 1. The van der Waals surface area contributed by atoms with E-state index in [-0.39, 0.29) is 5.91 Å². The number of hydrogen-bond acceptors (Lipinski definition) is 3. The molecule has 0 radical (unpaired) electrons. The number of carbonyl (C=O) groups excluding carboxylic acids is 1. The average Bonchev–Trinajstić information content (AvgIpc) is 3.13. The van der Waals surface area contributed by atoms with E-state index in [1.54, 1.807) is 12.1 Å². The maximum absolute atomic E-state index is 12.5. The van der Waals surface area contributed by atoms with Crippen LogP contribution in [0.3, 0.4) is 0 Å². The second-order valence-corrected chi connectivity index (χ2v) is 5.78. The first-order chi connectivity index (χ1) is 9.24. The highest BCUT2D eigenvalue weighted by atomic mass is 35.5. The van der Waals surface area contributed by atoms with Gasteiger partial charge in [-0.2, -0.15) is 0 Å². The topological polar surface area (TPSA) is 45.2 Å². The van der Waals surface area contributed by atoms with Gasteiger partial charge in [-0.05, 0) is 44.4 Å². The molecule has 1 aromatic rings. The summed E-state index contributed by atoms with van der Waals surface area (Å²) in [6.45, 7) is 1.87. The molecular formula is C14H18ClN3O. The van der Waals surface area contributed by atoms with Crippen molar-refractivity contribution in [1.29, 1.82) is 0 Å². The molecule has 1 N–H and O–H groups in total. The second-order valence-electron chi connectivity index (χ2n) is 5.34. The summed E-state index contributed by atoms with van der Waals surface area (Å²) in [7, 11) is 0. The predicted molar refractivity (Wildman–Crippen MR) is 74.3 cm³/mol. The van der Waals surface area contributed by atoms with Gasteiger partial charge in [0.25, 0.3) is 5.91 Å². The molecule has 0 bridgehead atoms. The van der Waals surface area contributed by atoms with Crippen LogP contribution < -0.4 is 5.32 Å². The maximum atomic E-state index is 12.5. The first-order valence-electron chi connectivity index (χ1n) is 6.90. The smallest absolute Gasteiger partial charge is 0.272 e. The Labute approximate surface area is 118 Å².